The lowest BCUT2D eigenvalue weighted by atomic mass is 10.0. The van der Waals surface area contributed by atoms with E-state index in [9.17, 15) is 19.0 Å². The van der Waals surface area contributed by atoms with Gasteiger partial charge in [0.2, 0.25) is 0 Å². The average Bonchev–Trinajstić information content (AvgIpc) is 3.37. The van der Waals surface area contributed by atoms with Gasteiger partial charge in [0, 0.05) is 19.4 Å². The second kappa shape index (κ2) is 57.5. The highest BCUT2D eigenvalue weighted by molar-refractivity contribution is 7.47. The molecule has 0 radical (unpaired) electrons. The minimum absolute atomic E-state index is 0.0533. The van der Waals surface area contributed by atoms with E-state index in [-0.39, 0.29) is 38.6 Å². The number of allylic oxidation sites excluding steroid dienone is 14. The molecule has 9 nitrogen and oxygen atoms in total. The van der Waals surface area contributed by atoms with Crippen LogP contribution in [-0.4, -0.2) is 49.3 Å². The molecular formula is C62H110NO8P. The monoisotopic (exact) mass is 1030 g/mol. The fraction of sp³-hybridized carbons (Fsp3) is 0.742. The highest BCUT2D eigenvalue weighted by Crippen LogP contribution is 2.43. The van der Waals surface area contributed by atoms with Gasteiger partial charge in [-0.25, -0.2) is 4.57 Å². The van der Waals surface area contributed by atoms with E-state index in [1.54, 1.807) is 0 Å². The lowest BCUT2D eigenvalue weighted by Crippen LogP contribution is -2.29. The van der Waals surface area contributed by atoms with Gasteiger partial charge < -0.3 is 20.1 Å². The first-order valence-electron chi connectivity index (χ1n) is 29.6. The molecule has 0 fully saturated rings. The van der Waals surface area contributed by atoms with Crippen LogP contribution >= 0.6 is 7.82 Å². The molecule has 0 saturated heterocycles. The normalized spacial score (nSPS) is 13.7. The lowest BCUT2D eigenvalue weighted by Gasteiger charge is -2.19. The maximum Gasteiger partial charge on any atom is 0.472 e. The quantitative estimate of drug-likeness (QED) is 0.0264. The Bertz CT molecular complexity index is 1450. The molecule has 0 aliphatic carbocycles. The summed E-state index contributed by atoms with van der Waals surface area (Å²) in [7, 11) is -4.38. The highest BCUT2D eigenvalue weighted by atomic mass is 31.2. The van der Waals surface area contributed by atoms with Crippen LogP contribution in [0.25, 0.3) is 0 Å². The van der Waals surface area contributed by atoms with Gasteiger partial charge in [-0.3, -0.25) is 18.6 Å². The van der Waals surface area contributed by atoms with E-state index in [1.807, 2.05) is 0 Å². The van der Waals surface area contributed by atoms with Gasteiger partial charge >= 0.3 is 19.8 Å². The second-order valence-corrected chi connectivity index (χ2v) is 20.9. The zero-order valence-electron chi connectivity index (χ0n) is 46.4. The van der Waals surface area contributed by atoms with Crippen molar-refractivity contribution in [1.29, 1.82) is 0 Å². The van der Waals surface area contributed by atoms with Crippen molar-refractivity contribution >= 4 is 19.8 Å². The van der Waals surface area contributed by atoms with Crippen LogP contribution < -0.4 is 5.73 Å². The van der Waals surface area contributed by atoms with E-state index in [4.69, 9.17) is 24.3 Å². The average molecular weight is 1030 g/mol. The third kappa shape index (κ3) is 56.5. The molecule has 0 aromatic carbocycles. The predicted octanol–water partition coefficient (Wildman–Crippen LogP) is 18.7. The predicted molar refractivity (Wildman–Crippen MR) is 307 cm³/mol. The van der Waals surface area contributed by atoms with Crippen LogP contribution in [0.5, 0.6) is 0 Å². The number of nitrogens with two attached hydrogens (primary N) is 1. The first-order chi connectivity index (χ1) is 35.3. The summed E-state index contributed by atoms with van der Waals surface area (Å²) < 4.78 is 32.9. The Morgan fingerprint density at radius 2 is 0.764 bits per heavy atom. The molecule has 416 valence electrons. The number of carbonyl (C=O) groups is 2. The molecule has 0 aromatic heterocycles. The summed E-state index contributed by atoms with van der Waals surface area (Å²) in [6.07, 6.45) is 75.2. The molecule has 0 rings (SSSR count). The molecule has 2 atom stereocenters. The fourth-order valence-corrected chi connectivity index (χ4v) is 8.97. The van der Waals surface area contributed by atoms with Crippen LogP contribution in [0, 0.1) is 0 Å². The third-order valence-electron chi connectivity index (χ3n) is 12.5. The van der Waals surface area contributed by atoms with E-state index in [1.165, 1.54) is 148 Å². The Kier molecular flexibility index (Phi) is 55.2. The van der Waals surface area contributed by atoms with Crippen molar-refractivity contribution in [2.45, 2.75) is 270 Å². The third-order valence-corrected chi connectivity index (χ3v) is 13.5. The number of hydrogen-bond donors (Lipinski definition) is 2. The Morgan fingerprint density at radius 3 is 1.14 bits per heavy atom. The number of esters is 2. The van der Waals surface area contributed by atoms with Crippen molar-refractivity contribution in [3.8, 4) is 0 Å². The summed E-state index contributed by atoms with van der Waals surface area (Å²) in [5.74, 6) is -0.821. The molecule has 10 heteroatoms. The summed E-state index contributed by atoms with van der Waals surface area (Å²) in [6.45, 7) is 3.64. The van der Waals surface area contributed by atoms with Gasteiger partial charge in [-0.2, -0.15) is 0 Å². The number of phosphoric ester groups is 1. The smallest absolute Gasteiger partial charge is 0.462 e. The van der Waals surface area contributed by atoms with Gasteiger partial charge in [-0.15, -0.1) is 0 Å². The largest absolute Gasteiger partial charge is 0.472 e. The Labute approximate surface area is 443 Å². The molecule has 0 aliphatic rings. The van der Waals surface area contributed by atoms with E-state index >= 15 is 0 Å². The SMILES string of the molecule is CC/C=C\C/C=C\C/C=C\C/C=C\C/C=C\C/C=C\C/C=C\CCCCCCCCCCCCCCCCCCCC(=O)OC(COC(=O)CCCCCCCCCCCCCC)COP(=O)(O)OCCN. The Morgan fingerprint density at radius 1 is 0.431 bits per heavy atom. The molecule has 2 unspecified atom stereocenters. The molecule has 3 N–H and O–H groups in total. The fourth-order valence-electron chi connectivity index (χ4n) is 8.21. The van der Waals surface area contributed by atoms with Crippen LogP contribution in [0.1, 0.15) is 264 Å². The first kappa shape index (κ1) is 69.2. The van der Waals surface area contributed by atoms with Crippen molar-refractivity contribution < 1.29 is 37.6 Å². The van der Waals surface area contributed by atoms with E-state index in [0.29, 0.717) is 6.42 Å². The zero-order valence-corrected chi connectivity index (χ0v) is 47.3. The summed E-state index contributed by atoms with van der Waals surface area (Å²) in [4.78, 5) is 35.1. The first-order valence-corrected chi connectivity index (χ1v) is 31.1. The summed E-state index contributed by atoms with van der Waals surface area (Å²) in [5.41, 5.74) is 5.37. The van der Waals surface area contributed by atoms with Crippen LogP contribution in [0.3, 0.4) is 0 Å². The standard InChI is InChI=1S/C62H110NO8P/c1-3-5-7-9-11-13-15-17-18-19-20-21-22-23-24-25-26-27-28-29-30-31-32-33-34-35-36-37-38-39-40-41-42-43-45-47-49-51-53-55-62(65)71-60(59-70-72(66,67)69-57-56-63)58-68-61(64)54-52-50-48-46-44-16-14-12-10-8-6-4-2/h5,7,11,13,17-18,20-21,23-24,26-27,29-30,60H,3-4,6,8-10,12,14-16,19,22,25,28,31-59,63H2,1-2H3,(H,66,67)/b7-5-,13-11-,18-17-,21-20-,24-23-,27-26-,30-29-. The molecule has 0 aromatic rings. The number of phosphoric acid groups is 1. The molecule has 0 spiro atoms. The van der Waals surface area contributed by atoms with Crippen LogP contribution in [0.2, 0.25) is 0 Å². The Balaban J connectivity index is 3.82. The molecule has 0 bridgehead atoms. The molecular weight excluding hydrogens is 918 g/mol. The van der Waals surface area contributed by atoms with Crippen molar-refractivity contribution in [3.05, 3.63) is 85.1 Å². The van der Waals surface area contributed by atoms with Gasteiger partial charge in [0.1, 0.15) is 6.61 Å². The minimum Gasteiger partial charge on any atom is -0.462 e. The molecule has 72 heavy (non-hydrogen) atoms. The number of carbonyl (C=O) groups excluding carboxylic acids is 2. The van der Waals surface area contributed by atoms with Gasteiger partial charge in [0.05, 0.1) is 13.2 Å². The number of ether oxygens (including phenoxy) is 2. The molecule has 0 aliphatic heterocycles. The van der Waals surface area contributed by atoms with Crippen LogP contribution in [0.4, 0.5) is 0 Å². The second-order valence-electron chi connectivity index (χ2n) is 19.5. The molecule has 0 amide bonds. The highest BCUT2D eigenvalue weighted by Gasteiger charge is 2.26. The maximum atomic E-state index is 12.7. The van der Waals surface area contributed by atoms with Gasteiger partial charge in [0.25, 0.3) is 0 Å². The topological polar surface area (TPSA) is 134 Å². The van der Waals surface area contributed by atoms with E-state index < -0.39 is 26.5 Å². The van der Waals surface area contributed by atoms with E-state index in [2.05, 4.69) is 98.9 Å². The summed E-state index contributed by atoms with van der Waals surface area (Å²) in [5, 5.41) is 0. The summed E-state index contributed by atoms with van der Waals surface area (Å²) in [6, 6.07) is 0. The van der Waals surface area contributed by atoms with Crippen LogP contribution in [-0.2, 0) is 32.7 Å². The Hall–Kier alpha value is -2.81. The van der Waals surface area contributed by atoms with Crippen molar-refractivity contribution in [3.63, 3.8) is 0 Å². The van der Waals surface area contributed by atoms with Gasteiger partial charge in [-0.1, -0.05) is 266 Å². The van der Waals surface area contributed by atoms with Crippen LogP contribution in [0.15, 0.2) is 85.1 Å². The van der Waals surface area contributed by atoms with Crippen molar-refractivity contribution in [1.82, 2.24) is 0 Å². The van der Waals surface area contributed by atoms with Crippen molar-refractivity contribution in [2.24, 2.45) is 5.73 Å². The summed E-state index contributed by atoms with van der Waals surface area (Å²) >= 11 is 0. The van der Waals surface area contributed by atoms with Gasteiger partial charge in [-0.05, 0) is 70.6 Å². The number of unbranched alkanes of at least 4 members (excludes halogenated alkanes) is 28. The molecule has 0 heterocycles. The van der Waals surface area contributed by atoms with Crippen molar-refractivity contribution in [2.75, 3.05) is 26.4 Å². The zero-order chi connectivity index (χ0) is 52.4. The maximum absolute atomic E-state index is 12.7. The lowest BCUT2D eigenvalue weighted by molar-refractivity contribution is -0.161. The van der Waals surface area contributed by atoms with Gasteiger partial charge in [0.15, 0.2) is 6.10 Å². The number of rotatable bonds is 55. The van der Waals surface area contributed by atoms with E-state index in [0.717, 1.165) is 83.5 Å². The molecule has 0 saturated carbocycles. The minimum atomic E-state index is -4.38. The number of hydrogen-bond acceptors (Lipinski definition) is 8.